The number of aryl methyl sites for hydroxylation is 1. The van der Waals surface area contributed by atoms with E-state index in [1.165, 1.54) is 18.2 Å². The summed E-state index contributed by atoms with van der Waals surface area (Å²) in [6.45, 7) is 3.08. The second-order valence-corrected chi connectivity index (χ2v) is 8.97. The summed E-state index contributed by atoms with van der Waals surface area (Å²) in [6, 6.07) is 14.8. The molecule has 0 radical (unpaired) electrons. The van der Waals surface area contributed by atoms with Crippen LogP contribution in [0.5, 0.6) is 0 Å². The minimum absolute atomic E-state index is 0.0209. The number of amides is 5. The molecule has 2 aromatic carbocycles. The van der Waals surface area contributed by atoms with Crippen molar-refractivity contribution < 1.29 is 23.6 Å². The van der Waals surface area contributed by atoms with Crippen LogP contribution in [-0.2, 0) is 16.0 Å². The molecule has 10 heteroatoms. The minimum atomic E-state index is -1.11. The Balaban J connectivity index is 1.26. The van der Waals surface area contributed by atoms with Gasteiger partial charge in [-0.15, -0.1) is 0 Å². The molecule has 2 fully saturated rings. The fraction of sp³-hybridized carbons (Fsp3) is 0.360. The Morgan fingerprint density at radius 2 is 1.66 bits per heavy atom. The largest absolute Gasteiger partial charge is 0.344 e. The van der Waals surface area contributed by atoms with Crippen molar-refractivity contribution in [2.45, 2.75) is 25.3 Å². The van der Waals surface area contributed by atoms with Crippen molar-refractivity contribution in [3.8, 4) is 0 Å². The summed E-state index contributed by atoms with van der Waals surface area (Å²) >= 11 is 0. The Bertz CT molecular complexity index is 1120. The lowest BCUT2D eigenvalue weighted by molar-refractivity contribution is -0.139. The van der Waals surface area contributed by atoms with E-state index in [1.54, 1.807) is 17.9 Å². The monoisotopic (exact) mass is 481 g/mol. The van der Waals surface area contributed by atoms with Crippen molar-refractivity contribution in [3.05, 3.63) is 71.5 Å². The summed E-state index contributed by atoms with van der Waals surface area (Å²) in [5.74, 6) is -1.97. The average molecular weight is 482 g/mol. The number of carbonyl (C=O) groups is 4. The highest BCUT2D eigenvalue weighted by Crippen LogP contribution is 2.22. The van der Waals surface area contributed by atoms with Crippen LogP contribution in [0.15, 0.2) is 54.6 Å². The van der Waals surface area contributed by atoms with Crippen LogP contribution in [0.25, 0.3) is 0 Å². The lowest BCUT2D eigenvalue weighted by Gasteiger charge is -2.34. The van der Waals surface area contributed by atoms with E-state index >= 15 is 0 Å². The van der Waals surface area contributed by atoms with E-state index in [0.29, 0.717) is 39.0 Å². The smallest absolute Gasteiger partial charge is 0.336 e. The number of urea groups is 1. The molecule has 5 amide bonds. The third-order valence-electron chi connectivity index (χ3n) is 6.39. The molecule has 4 rings (SSSR count). The summed E-state index contributed by atoms with van der Waals surface area (Å²) in [5.41, 5.74) is 2.36. The molecular weight excluding hydrogens is 453 g/mol. The van der Waals surface area contributed by atoms with E-state index in [4.69, 9.17) is 0 Å². The number of rotatable bonds is 7. The fourth-order valence-corrected chi connectivity index (χ4v) is 4.27. The van der Waals surface area contributed by atoms with Crippen molar-refractivity contribution in [1.82, 2.24) is 25.6 Å². The third-order valence-corrected chi connectivity index (χ3v) is 6.39. The van der Waals surface area contributed by atoms with Gasteiger partial charge in [-0.2, -0.15) is 5.01 Å². The number of nitrogens with zero attached hydrogens (tertiary/aromatic N) is 3. The Kier molecular flexibility index (Phi) is 7.11. The van der Waals surface area contributed by atoms with E-state index in [9.17, 15) is 23.6 Å². The highest BCUT2D eigenvalue weighted by molar-refractivity contribution is 6.07. The molecule has 2 N–H and O–H groups in total. The van der Waals surface area contributed by atoms with Gasteiger partial charge in [0.25, 0.3) is 17.7 Å². The number of hydrogen-bond acceptors (Lipinski definition) is 5. The number of hydrazine groups is 1. The van der Waals surface area contributed by atoms with Crippen LogP contribution in [0.1, 0.15) is 29.3 Å². The second-order valence-electron chi connectivity index (χ2n) is 8.97. The first-order chi connectivity index (χ1) is 16.8. The van der Waals surface area contributed by atoms with Crippen molar-refractivity contribution in [2.75, 3.05) is 32.7 Å². The predicted molar refractivity (Wildman–Crippen MR) is 125 cm³/mol. The predicted octanol–water partition coefficient (Wildman–Crippen LogP) is 1.56. The molecule has 2 aromatic rings. The van der Waals surface area contributed by atoms with Crippen LogP contribution >= 0.6 is 0 Å². The van der Waals surface area contributed by atoms with E-state index in [2.05, 4.69) is 10.7 Å². The number of halogens is 1. The van der Waals surface area contributed by atoms with Crippen LogP contribution < -0.4 is 10.7 Å². The lowest BCUT2D eigenvalue weighted by Crippen LogP contribution is -2.54. The molecule has 0 bridgehead atoms. The number of hydrogen-bond donors (Lipinski definition) is 2. The molecule has 9 nitrogen and oxygen atoms in total. The number of nitrogens with one attached hydrogen (secondary N) is 2. The lowest BCUT2D eigenvalue weighted by atomic mass is 9.93. The zero-order chi connectivity index (χ0) is 25.0. The molecule has 1 unspecified atom stereocenters. The normalized spacial score (nSPS) is 20.6. The third kappa shape index (κ3) is 5.48. The summed E-state index contributed by atoms with van der Waals surface area (Å²) in [4.78, 5) is 53.8. The van der Waals surface area contributed by atoms with Crippen molar-refractivity contribution in [1.29, 1.82) is 0 Å². The van der Waals surface area contributed by atoms with Gasteiger partial charge in [-0.25, -0.2) is 9.18 Å². The summed E-state index contributed by atoms with van der Waals surface area (Å²) in [6.07, 6.45) is 0.993. The van der Waals surface area contributed by atoms with Gasteiger partial charge < -0.3 is 10.2 Å². The van der Waals surface area contributed by atoms with Crippen LogP contribution in [0.4, 0.5) is 9.18 Å². The highest BCUT2D eigenvalue weighted by Gasteiger charge is 2.48. The molecular formula is C25H28FN5O4. The van der Waals surface area contributed by atoms with Gasteiger partial charge in [-0.1, -0.05) is 42.5 Å². The van der Waals surface area contributed by atoms with E-state index in [0.717, 1.165) is 10.6 Å². The molecule has 2 aliphatic rings. The second kappa shape index (κ2) is 10.2. The zero-order valence-electron chi connectivity index (χ0n) is 19.5. The molecule has 2 heterocycles. The Hall–Kier alpha value is -3.79. The minimum Gasteiger partial charge on any atom is -0.336 e. The molecule has 0 aliphatic carbocycles. The fourth-order valence-electron chi connectivity index (χ4n) is 4.27. The van der Waals surface area contributed by atoms with Gasteiger partial charge >= 0.3 is 6.03 Å². The molecule has 184 valence electrons. The summed E-state index contributed by atoms with van der Waals surface area (Å²) in [7, 11) is 0. The zero-order valence-corrected chi connectivity index (χ0v) is 19.5. The Morgan fingerprint density at radius 3 is 2.34 bits per heavy atom. The molecule has 0 saturated carbocycles. The first-order valence-corrected chi connectivity index (χ1v) is 11.5. The molecule has 2 aliphatic heterocycles. The number of benzene rings is 2. The molecule has 0 spiro atoms. The average Bonchev–Trinajstić information content (AvgIpc) is 3.07. The number of piperazine rings is 1. The van der Waals surface area contributed by atoms with Gasteiger partial charge in [0.15, 0.2) is 0 Å². The van der Waals surface area contributed by atoms with E-state index in [-0.39, 0.29) is 18.0 Å². The van der Waals surface area contributed by atoms with Gasteiger partial charge in [-0.05, 0) is 37.5 Å². The highest BCUT2D eigenvalue weighted by atomic mass is 19.1. The number of imide groups is 1. The van der Waals surface area contributed by atoms with Crippen molar-refractivity contribution in [3.63, 3.8) is 0 Å². The van der Waals surface area contributed by atoms with Gasteiger partial charge in [-0.3, -0.25) is 24.7 Å². The first kappa shape index (κ1) is 24.3. The molecule has 1 atom stereocenters. The SMILES string of the molecule is CC1(CCc2ccccc2)NC(=O)N(NC(=O)CN2CCN(C(=O)c3ccccc3F)CC2)C1=O. The Morgan fingerprint density at radius 1 is 1.00 bits per heavy atom. The first-order valence-electron chi connectivity index (χ1n) is 11.5. The summed E-state index contributed by atoms with van der Waals surface area (Å²) in [5, 5.41) is 3.42. The van der Waals surface area contributed by atoms with Crippen LogP contribution in [0.3, 0.4) is 0 Å². The van der Waals surface area contributed by atoms with Crippen LogP contribution in [-0.4, -0.2) is 76.8 Å². The molecule has 0 aromatic heterocycles. The number of carbonyl (C=O) groups excluding carboxylic acids is 4. The Labute approximate surface area is 202 Å². The maximum Gasteiger partial charge on any atom is 0.344 e. The van der Waals surface area contributed by atoms with E-state index < -0.39 is 29.2 Å². The van der Waals surface area contributed by atoms with Gasteiger partial charge in [0, 0.05) is 26.2 Å². The quantitative estimate of drug-likeness (QED) is 0.585. The topological polar surface area (TPSA) is 102 Å². The van der Waals surface area contributed by atoms with Crippen molar-refractivity contribution >= 4 is 23.8 Å². The van der Waals surface area contributed by atoms with Crippen LogP contribution in [0.2, 0.25) is 0 Å². The molecule has 35 heavy (non-hydrogen) atoms. The molecule has 2 saturated heterocycles. The summed E-state index contributed by atoms with van der Waals surface area (Å²) < 4.78 is 13.9. The maximum absolute atomic E-state index is 13.9. The van der Waals surface area contributed by atoms with Gasteiger partial charge in [0.1, 0.15) is 11.4 Å². The standard InChI is InChI=1S/C25H28FN5O4/c1-25(12-11-18-7-3-2-4-8-18)23(34)31(24(35)27-25)28-21(32)17-29-13-15-30(16-14-29)22(33)19-9-5-6-10-20(19)26/h2-10H,11-17H2,1H3,(H,27,35)(H,28,32). The van der Waals surface area contributed by atoms with Crippen molar-refractivity contribution in [2.24, 2.45) is 0 Å². The van der Waals surface area contributed by atoms with Crippen LogP contribution in [0, 0.1) is 5.82 Å². The van der Waals surface area contributed by atoms with E-state index in [1.807, 2.05) is 35.2 Å². The maximum atomic E-state index is 13.9. The van der Waals surface area contributed by atoms with Gasteiger partial charge in [0.05, 0.1) is 12.1 Å². The van der Waals surface area contributed by atoms with Gasteiger partial charge in [0.2, 0.25) is 0 Å².